The monoisotopic (exact) mass is 542 g/mol. The second kappa shape index (κ2) is 11.4. The SMILES string of the molecule is C=Cc1cc(-n2nc(C(C)(C)C)cc2NC(=O)Nc2ccc(Oc3ccnc(C(=O)NC)c3)cc2F)ccc1C. The number of aromatic nitrogens is 3. The maximum atomic E-state index is 14.9. The van der Waals surface area contributed by atoms with Gasteiger partial charge in [-0.2, -0.15) is 5.10 Å². The van der Waals surface area contributed by atoms with Crippen LogP contribution in [0.5, 0.6) is 11.5 Å². The number of hydrogen-bond acceptors (Lipinski definition) is 5. The molecule has 206 valence electrons. The second-order valence-electron chi connectivity index (χ2n) is 10.1. The summed E-state index contributed by atoms with van der Waals surface area (Å²) in [5.74, 6) is -0.160. The fourth-order valence-electron chi connectivity index (χ4n) is 3.81. The molecule has 0 saturated heterocycles. The van der Waals surface area contributed by atoms with Crippen molar-refractivity contribution < 1.29 is 18.7 Å². The maximum Gasteiger partial charge on any atom is 0.324 e. The number of carbonyl (C=O) groups excluding carboxylic acids is 2. The average Bonchev–Trinajstić information content (AvgIpc) is 3.34. The van der Waals surface area contributed by atoms with Crippen LogP contribution >= 0.6 is 0 Å². The first-order valence-corrected chi connectivity index (χ1v) is 12.6. The first-order valence-electron chi connectivity index (χ1n) is 12.6. The minimum Gasteiger partial charge on any atom is -0.457 e. The van der Waals surface area contributed by atoms with Crippen molar-refractivity contribution in [2.24, 2.45) is 0 Å². The number of aryl methyl sites for hydroxylation is 1. The van der Waals surface area contributed by atoms with E-state index in [2.05, 4.69) is 27.5 Å². The molecule has 3 N–H and O–H groups in total. The van der Waals surface area contributed by atoms with Gasteiger partial charge in [-0.25, -0.2) is 13.9 Å². The van der Waals surface area contributed by atoms with Crippen LogP contribution in [0.3, 0.4) is 0 Å². The van der Waals surface area contributed by atoms with E-state index in [1.54, 1.807) is 22.9 Å². The van der Waals surface area contributed by atoms with Crippen molar-refractivity contribution >= 4 is 29.5 Å². The molecule has 0 spiro atoms. The maximum absolute atomic E-state index is 14.9. The number of benzene rings is 2. The first-order chi connectivity index (χ1) is 19.0. The highest BCUT2D eigenvalue weighted by molar-refractivity contribution is 5.99. The van der Waals surface area contributed by atoms with Gasteiger partial charge in [0.25, 0.3) is 5.91 Å². The number of nitrogens with one attached hydrogen (secondary N) is 3. The number of ether oxygens (including phenoxy) is 1. The number of carbonyl (C=O) groups is 2. The van der Waals surface area contributed by atoms with Crippen molar-refractivity contribution in [1.29, 1.82) is 0 Å². The molecule has 0 atom stereocenters. The predicted molar refractivity (Wildman–Crippen MR) is 154 cm³/mol. The molecule has 4 aromatic rings. The van der Waals surface area contributed by atoms with Crippen molar-refractivity contribution in [2.75, 3.05) is 17.7 Å². The zero-order chi connectivity index (χ0) is 29.0. The van der Waals surface area contributed by atoms with Crippen LogP contribution in [-0.4, -0.2) is 33.8 Å². The van der Waals surface area contributed by atoms with Gasteiger partial charge in [0.05, 0.1) is 17.1 Å². The Kier molecular flexibility index (Phi) is 7.99. The van der Waals surface area contributed by atoms with E-state index < -0.39 is 11.8 Å². The lowest BCUT2D eigenvalue weighted by atomic mass is 9.92. The van der Waals surface area contributed by atoms with E-state index in [0.717, 1.165) is 28.6 Å². The van der Waals surface area contributed by atoms with E-state index in [9.17, 15) is 14.0 Å². The molecule has 0 fully saturated rings. The fraction of sp³-hybridized carbons (Fsp3) is 0.200. The van der Waals surface area contributed by atoms with Crippen molar-refractivity contribution in [3.8, 4) is 17.2 Å². The zero-order valence-electron chi connectivity index (χ0n) is 23.0. The molecule has 3 amide bonds. The Balaban J connectivity index is 1.53. The van der Waals surface area contributed by atoms with E-state index in [0.29, 0.717) is 11.6 Å². The molecular formula is C30H31FN6O3. The van der Waals surface area contributed by atoms with Gasteiger partial charge in [0.1, 0.15) is 28.8 Å². The van der Waals surface area contributed by atoms with Gasteiger partial charge in [-0.3, -0.25) is 15.1 Å². The number of urea groups is 1. The summed E-state index contributed by atoms with van der Waals surface area (Å²) in [6.07, 6.45) is 3.18. The molecule has 0 saturated carbocycles. The number of amides is 3. The molecule has 4 rings (SSSR count). The molecule has 9 nitrogen and oxygen atoms in total. The van der Waals surface area contributed by atoms with Crippen LogP contribution in [0.4, 0.5) is 20.7 Å². The normalized spacial score (nSPS) is 11.1. The van der Waals surface area contributed by atoms with Crippen molar-refractivity contribution in [2.45, 2.75) is 33.1 Å². The number of pyridine rings is 1. The summed E-state index contributed by atoms with van der Waals surface area (Å²) in [6, 6.07) is 14.0. The first kappa shape index (κ1) is 28.0. The molecule has 0 bridgehead atoms. The zero-order valence-corrected chi connectivity index (χ0v) is 23.0. The van der Waals surface area contributed by atoms with Gasteiger partial charge in [-0.1, -0.05) is 39.5 Å². The third-order valence-corrected chi connectivity index (χ3v) is 6.06. The summed E-state index contributed by atoms with van der Waals surface area (Å²) in [5, 5.41) is 12.5. The topological polar surface area (TPSA) is 110 Å². The summed E-state index contributed by atoms with van der Waals surface area (Å²) in [5.41, 5.74) is 3.37. The Morgan fingerprint density at radius 1 is 1.02 bits per heavy atom. The summed E-state index contributed by atoms with van der Waals surface area (Å²) >= 11 is 0. The second-order valence-corrected chi connectivity index (χ2v) is 10.1. The van der Waals surface area contributed by atoms with Gasteiger partial charge in [0, 0.05) is 36.9 Å². The highest BCUT2D eigenvalue weighted by atomic mass is 19.1. The number of hydrogen-bond donors (Lipinski definition) is 3. The van der Waals surface area contributed by atoms with Gasteiger partial charge >= 0.3 is 6.03 Å². The van der Waals surface area contributed by atoms with Gasteiger partial charge in [0.2, 0.25) is 0 Å². The van der Waals surface area contributed by atoms with Crippen LogP contribution < -0.4 is 20.7 Å². The van der Waals surface area contributed by atoms with Crippen LogP contribution in [0.25, 0.3) is 11.8 Å². The highest BCUT2D eigenvalue weighted by Gasteiger charge is 2.22. The van der Waals surface area contributed by atoms with Crippen LogP contribution in [0.15, 0.2) is 67.4 Å². The van der Waals surface area contributed by atoms with Gasteiger partial charge in [-0.15, -0.1) is 0 Å². The van der Waals surface area contributed by atoms with Crippen molar-refractivity contribution in [3.63, 3.8) is 0 Å². The molecule has 40 heavy (non-hydrogen) atoms. The average molecular weight is 543 g/mol. The molecule has 0 radical (unpaired) electrons. The Morgan fingerprint density at radius 3 is 2.45 bits per heavy atom. The minimum absolute atomic E-state index is 0.0444. The number of rotatable bonds is 7. The molecule has 10 heteroatoms. The summed E-state index contributed by atoms with van der Waals surface area (Å²) in [6.45, 7) is 11.9. The van der Waals surface area contributed by atoms with Crippen LogP contribution in [0.1, 0.15) is 48.1 Å². The van der Waals surface area contributed by atoms with E-state index in [1.165, 1.54) is 31.4 Å². The molecule has 0 aliphatic carbocycles. The van der Waals surface area contributed by atoms with E-state index in [1.807, 2.05) is 45.9 Å². The molecule has 0 aliphatic rings. The van der Waals surface area contributed by atoms with Gasteiger partial charge < -0.3 is 15.4 Å². The molecule has 0 aliphatic heterocycles. The Labute approximate surface area is 232 Å². The lowest BCUT2D eigenvalue weighted by molar-refractivity contribution is 0.0957. The molecule has 2 aromatic heterocycles. The number of nitrogens with zero attached hydrogens (tertiary/aromatic N) is 3. The number of halogens is 1. The summed E-state index contributed by atoms with van der Waals surface area (Å²) < 4.78 is 22.2. The van der Waals surface area contributed by atoms with Gasteiger partial charge in [0.15, 0.2) is 0 Å². The standard InChI is InChI=1S/C30H31FN6O3/c1-7-19-14-20(9-8-18(19)2)37-27(17-26(36-37)30(3,4)5)35-29(39)34-24-11-10-21(15-23(24)31)40-22-12-13-33-25(16-22)28(38)32-6/h7-17H,1H2,2-6H3,(H,32,38)(H2,34,35,39). The van der Waals surface area contributed by atoms with E-state index in [-0.39, 0.29) is 28.5 Å². The van der Waals surface area contributed by atoms with Crippen LogP contribution in [-0.2, 0) is 5.41 Å². The minimum atomic E-state index is -0.703. The molecule has 2 heterocycles. The molecular weight excluding hydrogens is 511 g/mol. The highest BCUT2D eigenvalue weighted by Crippen LogP contribution is 2.29. The summed E-state index contributed by atoms with van der Waals surface area (Å²) in [7, 11) is 1.49. The molecule has 0 unspecified atom stereocenters. The van der Waals surface area contributed by atoms with Crippen LogP contribution in [0, 0.1) is 12.7 Å². The van der Waals surface area contributed by atoms with Crippen molar-refractivity contribution in [3.05, 3.63) is 95.7 Å². The smallest absolute Gasteiger partial charge is 0.324 e. The van der Waals surface area contributed by atoms with Gasteiger partial charge in [-0.05, 0) is 48.4 Å². The Morgan fingerprint density at radius 2 is 1.77 bits per heavy atom. The Hall–Kier alpha value is -4.99. The largest absolute Gasteiger partial charge is 0.457 e. The van der Waals surface area contributed by atoms with E-state index in [4.69, 9.17) is 9.84 Å². The fourth-order valence-corrected chi connectivity index (χ4v) is 3.81. The van der Waals surface area contributed by atoms with E-state index >= 15 is 0 Å². The predicted octanol–water partition coefficient (Wildman–Crippen LogP) is 6.45. The van der Waals surface area contributed by atoms with Crippen molar-refractivity contribution in [1.82, 2.24) is 20.1 Å². The summed E-state index contributed by atoms with van der Waals surface area (Å²) in [4.78, 5) is 28.7. The Bertz CT molecular complexity index is 1590. The molecule has 2 aromatic carbocycles. The lowest BCUT2D eigenvalue weighted by Crippen LogP contribution is -2.22. The van der Waals surface area contributed by atoms with Crippen LogP contribution in [0.2, 0.25) is 0 Å². The number of anilines is 2. The quantitative estimate of drug-likeness (QED) is 0.249. The lowest BCUT2D eigenvalue weighted by Gasteiger charge is -2.14. The third-order valence-electron chi connectivity index (χ3n) is 6.06. The third kappa shape index (κ3) is 6.35.